The van der Waals surface area contributed by atoms with Crippen LogP contribution in [0.5, 0.6) is 5.88 Å². The first kappa shape index (κ1) is 15.4. The van der Waals surface area contributed by atoms with Crippen molar-refractivity contribution in [3.05, 3.63) is 42.5 Å². The molecule has 1 aromatic heterocycles. The maximum atomic E-state index is 6.06. The van der Waals surface area contributed by atoms with Gasteiger partial charge in [0.1, 0.15) is 5.82 Å². The number of aromatic nitrogens is 2. The minimum atomic E-state index is 0.0976. The summed E-state index contributed by atoms with van der Waals surface area (Å²) in [5.41, 5.74) is 7.04. The van der Waals surface area contributed by atoms with Gasteiger partial charge in [0, 0.05) is 5.41 Å². The number of anilines is 1. The van der Waals surface area contributed by atoms with Gasteiger partial charge in [-0.05, 0) is 6.92 Å². The summed E-state index contributed by atoms with van der Waals surface area (Å²) in [7, 11) is 0. The van der Waals surface area contributed by atoms with Gasteiger partial charge in [-0.2, -0.15) is 0 Å². The molecule has 0 amide bonds. The monoisotopic (exact) mass is 289 g/mol. The minimum absolute atomic E-state index is 0.0976. The van der Waals surface area contributed by atoms with E-state index in [4.69, 9.17) is 15.2 Å². The molecule has 114 valence electrons. The average Bonchev–Trinajstić information content (AvgIpc) is 2.71. The van der Waals surface area contributed by atoms with Gasteiger partial charge in [-0.25, -0.2) is 4.68 Å². The third-order valence-corrected chi connectivity index (χ3v) is 3.43. The SMILES string of the molecule is C=CC=CC=CCn1nc(OCC2(C)COC2)c(C)c1N. The second kappa shape index (κ2) is 6.63. The number of ether oxygens (including phenoxy) is 2. The highest BCUT2D eigenvalue weighted by molar-refractivity contribution is 5.45. The molecule has 0 saturated carbocycles. The van der Waals surface area contributed by atoms with Gasteiger partial charge < -0.3 is 15.2 Å². The van der Waals surface area contributed by atoms with Crippen LogP contribution in [0.3, 0.4) is 0 Å². The van der Waals surface area contributed by atoms with Crippen LogP contribution in [0.25, 0.3) is 0 Å². The van der Waals surface area contributed by atoms with Crippen molar-refractivity contribution in [3.8, 4) is 5.88 Å². The van der Waals surface area contributed by atoms with E-state index in [0.29, 0.717) is 24.8 Å². The van der Waals surface area contributed by atoms with Gasteiger partial charge in [0.25, 0.3) is 0 Å². The van der Waals surface area contributed by atoms with Crippen LogP contribution in [0.15, 0.2) is 37.0 Å². The number of nitrogens with two attached hydrogens (primary N) is 1. The lowest BCUT2D eigenvalue weighted by Crippen LogP contribution is -2.44. The summed E-state index contributed by atoms with van der Waals surface area (Å²) in [6.45, 7) is 10.4. The number of allylic oxidation sites excluding steroid dienone is 5. The van der Waals surface area contributed by atoms with Crippen LogP contribution in [0.4, 0.5) is 5.82 Å². The first-order valence-corrected chi connectivity index (χ1v) is 7.03. The van der Waals surface area contributed by atoms with E-state index in [1.807, 2.05) is 31.2 Å². The Morgan fingerprint density at radius 2 is 2.19 bits per heavy atom. The van der Waals surface area contributed by atoms with Crippen molar-refractivity contribution in [2.45, 2.75) is 20.4 Å². The summed E-state index contributed by atoms with van der Waals surface area (Å²) in [5, 5.41) is 4.42. The first-order chi connectivity index (χ1) is 10.1. The van der Waals surface area contributed by atoms with Crippen LogP contribution >= 0.6 is 0 Å². The lowest BCUT2D eigenvalue weighted by molar-refractivity contribution is -0.120. The molecule has 5 heteroatoms. The maximum absolute atomic E-state index is 6.06. The Morgan fingerprint density at radius 1 is 1.43 bits per heavy atom. The fourth-order valence-corrected chi connectivity index (χ4v) is 1.98. The Hall–Kier alpha value is -2.01. The molecule has 0 spiro atoms. The predicted octanol–water partition coefficient (Wildman–Crippen LogP) is 2.49. The Morgan fingerprint density at radius 3 is 2.81 bits per heavy atom. The lowest BCUT2D eigenvalue weighted by Gasteiger charge is -2.37. The number of nitrogen functional groups attached to an aromatic ring is 1. The number of rotatable bonds is 7. The Bertz CT molecular complexity index is 554. The van der Waals surface area contributed by atoms with Gasteiger partial charge in [0.2, 0.25) is 5.88 Å². The second-order valence-corrected chi connectivity index (χ2v) is 5.64. The molecule has 0 radical (unpaired) electrons. The van der Waals surface area contributed by atoms with Crippen LogP contribution in [0, 0.1) is 12.3 Å². The topological polar surface area (TPSA) is 62.3 Å². The molecule has 0 aliphatic carbocycles. The molecule has 2 rings (SSSR count). The molecule has 1 aromatic rings. The molecule has 0 atom stereocenters. The third-order valence-electron chi connectivity index (χ3n) is 3.43. The van der Waals surface area contributed by atoms with Crippen molar-refractivity contribution in [1.29, 1.82) is 0 Å². The number of hydrogen-bond acceptors (Lipinski definition) is 4. The zero-order chi connectivity index (χ0) is 15.3. The normalized spacial score (nSPS) is 17.2. The van der Waals surface area contributed by atoms with Gasteiger partial charge in [-0.15, -0.1) is 5.10 Å². The molecule has 5 nitrogen and oxygen atoms in total. The number of hydrogen-bond donors (Lipinski definition) is 1. The van der Waals surface area contributed by atoms with Crippen LogP contribution in [-0.4, -0.2) is 29.6 Å². The molecule has 1 fully saturated rings. The molecule has 1 aliphatic rings. The molecule has 21 heavy (non-hydrogen) atoms. The zero-order valence-corrected chi connectivity index (χ0v) is 12.7. The highest BCUT2D eigenvalue weighted by Crippen LogP contribution is 2.29. The highest BCUT2D eigenvalue weighted by Gasteiger charge is 2.34. The summed E-state index contributed by atoms with van der Waals surface area (Å²) in [5.74, 6) is 1.24. The largest absolute Gasteiger partial charge is 0.476 e. The van der Waals surface area contributed by atoms with Crippen LogP contribution in [-0.2, 0) is 11.3 Å². The van der Waals surface area contributed by atoms with Gasteiger partial charge in [0.15, 0.2) is 0 Å². The molecular formula is C16H23N3O2. The van der Waals surface area contributed by atoms with Gasteiger partial charge in [-0.1, -0.05) is 43.9 Å². The van der Waals surface area contributed by atoms with Crippen molar-refractivity contribution in [3.63, 3.8) is 0 Å². The van der Waals surface area contributed by atoms with Crippen LogP contribution in [0.2, 0.25) is 0 Å². The summed E-state index contributed by atoms with van der Waals surface area (Å²) in [6, 6.07) is 0. The van der Waals surface area contributed by atoms with E-state index in [1.165, 1.54) is 0 Å². The maximum Gasteiger partial charge on any atom is 0.237 e. The van der Waals surface area contributed by atoms with Gasteiger partial charge in [0.05, 0.1) is 31.9 Å². The Kier molecular flexibility index (Phi) is 4.85. The second-order valence-electron chi connectivity index (χ2n) is 5.64. The van der Waals surface area contributed by atoms with Crippen LogP contribution in [0.1, 0.15) is 12.5 Å². The molecule has 1 aliphatic heterocycles. The summed E-state index contributed by atoms with van der Waals surface area (Å²) >= 11 is 0. The summed E-state index contributed by atoms with van der Waals surface area (Å²) < 4.78 is 12.8. The quantitative estimate of drug-likeness (QED) is 0.783. The first-order valence-electron chi connectivity index (χ1n) is 7.03. The smallest absolute Gasteiger partial charge is 0.237 e. The summed E-state index contributed by atoms with van der Waals surface area (Å²) in [6.07, 6.45) is 9.42. The van der Waals surface area contributed by atoms with E-state index >= 15 is 0 Å². The summed E-state index contributed by atoms with van der Waals surface area (Å²) in [4.78, 5) is 0. The number of nitrogens with zero attached hydrogens (tertiary/aromatic N) is 2. The lowest BCUT2D eigenvalue weighted by atomic mass is 9.90. The highest BCUT2D eigenvalue weighted by atomic mass is 16.5. The third kappa shape index (κ3) is 3.76. The zero-order valence-electron chi connectivity index (χ0n) is 12.7. The molecule has 0 bridgehead atoms. The average molecular weight is 289 g/mol. The van der Waals surface area contributed by atoms with Crippen molar-refractivity contribution < 1.29 is 9.47 Å². The van der Waals surface area contributed by atoms with Gasteiger partial charge in [-0.3, -0.25) is 0 Å². The van der Waals surface area contributed by atoms with Crippen molar-refractivity contribution in [2.75, 3.05) is 25.6 Å². The Labute approximate surface area is 125 Å². The minimum Gasteiger partial charge on any atom is -0.476 e. The van der Waals surface area contributed by atoms with E-state index in [9.17, 15) is 0 Å². The van der Waals surface area contributed by atoms with Crippen molar-refractivity contribution >= 4 is 5.82 Å². The molecule has 0 aromatic carbocycles. The van der Waals surface area contributed by atoms with E-state index in [0.717, 1.165) is 18.8 Å². The van der Waals surface area contributed by atoms with E-state index in [-0.39, 0.29) is 5.41 Å². The van der Waals surface area contributed by atoms with Crippen molar-refractivity contribution in [2.24, 2.45) is 5.41 Å². The van der Waals surface area contributed by atoms with Crippen LogP contribution < -0.4 is 10.5 Å². The fourth-order valence-electron chi connectivity index (χ4n) is 1.98. The molecule has 0 unspecified atom stereocenters. The molecule has 2 heterocycles. The molecule has 1 saturated heterocycles. The molecule has 2 N–H and O–H groups in total. The molecular weight excluding hydrogens is 266 g/mol. The van der Waals surface area contributed by atoms with Gasteiger partial charge >= 0.3 is 0 Å². The Balaban J connectivity index is 1.96. The van der Waals surface area contributed by atoms with E-state index in [2.05, 4.69) is 18.6 Å². The van der Waals surface area contributed by atoms with E-state index in [1.54, 1.807) is 10.8 Å². The van der Waals surface area contributed by atoms with E-state index < -0.39 is 0 Å². The van der Waals surface area contributed by atoms with Crippen molar-refractivity contribution in [1.82, 2.24) is 9.78 Å². The fraction of sp³-hybridized carbons (Fsp3) is 0.438. The predicted molar refractivity (Wildman–Crippen MR) is 84.3 cm³/mol. The standard InChI is InChI=1S/C16H23N3O2/c1-4-5-6-7-8-9-19-14(17)13(2)15(18-19)21-12-16(3)10-20-11-16/h4-8H,1,9-12,17H2,2-3H3.